The van der Waals surface area contributed by atoms with Gasteiger partial charge in [-0.15, -0.1) is 0 Å². The number of rotatable bonds is 2. The van der Waals surface area contributed by atoms with Gasteiger partial charge in [0.05, 0.1) is 11.5 Å². The topological polar surface area (TPSA) is 66.6 Å². The second-order valence-electron chi connectivity index (χ2n) is 4.88. The highest BCUT2D eigenvalue weighted by Gasteiger charge is 2.41. The lowest BCUT2D eigenvalue weighted by Gasteiger charge is -2.34. The molecular formula is C13H15F3N2O2. The summed E-state index contributed by atoms with van der Waals surface area (Å²) in [6, 6.07) is 4.51. The van der Waals surface area contributed by atoms with E-state index in [0.717, 1.165) is 0 Å². The normalized spacial score (nSPS) is 17.2. The number of nitrogens with two attached hydrogens (primary N) is 1. The number of hydrogen-bond donors (Lipinski definition) is 2. The van der Waals surface area contributed by atoms with Crippen LogP contribution in [0, 0.1) is 5.92 Å². The van der Waals surface area contributed by atoms with Crippen LogP contribution < -0.4 is 10.6 Å². The summed E-state index contributed by atoms with van der Waals surface area (Å²) in [5.41, 5.74) is 6.26. The van der Waals surface area contributed by atoms with Gasteiger partial charge in [0.25, 0.3) is 0 Å². The molecule has 110 valence electrons. The minimum atomic E-state index is -4.15. The largest absolute Gasteiger partial charge is 0.478 e. The van der Waals surface area contributed by atoms with E-state index in [-0.39, 0.29) is 37.2 Å². The van der Waals surface area contributed by atoms with Crippen molar-refractivity contribution in [2.45, 2.75) is 19.0 Å². The van der Waals surface area contributed by atoms with Crippen LogP contribution in [-0.2, 0) is 0 Å². The van der Waals surface area contributed by atoms with E-state index >= 15 is 0 Å². The maximum atomic E-state index is 12.6. The monoisotopic (exact) mass is 288 g/mol. The van der Waals surface area contributed by atoms with Crippen molar-refractivity contribution in [3.05, 3.63) is 23.8 Å². The molecule has 1 saturated heterocycles. The van der Waals surface area contributed by atoms with Crippen LogP contribution in [-0.4, -0.2) is 30.3 Å². The molecule has 2 rings (SSSR count). The molecule has 0 atom stereocenters. The minimum absolute atomic E-state index is 0.0241. The van der Waals surface area contributed by atoms with Crippen molar-refractivity contribution < 1.29 is 23.1 Å². The molecule has 1 heterocycles. The van der Waals surface area contributed by atoms with E-state index in [1.165, 1.54) is 12.1 Å². The summed E-state index contributed by atoms with van der Waals surface area (Å²) in [4.78, 5) is 12.8. The van der Waals surface area contributed by atoms with Crippen molar-refractivity contribution >= 4 is 17.3 Å². The molecule has 20 heavy (non-hydrogen) atoms. The van der Waals surface area contributed by atoms with E-state index in [2.05, 4.69) is 0 Å². The second-order valence-corrected chi connectivity index (χ2v) is 4.88. The molecule has 0 radical (unpaired) electrons. The second kappa shape index (κ2) is 5.22. The molecule has 1 aliphatic heterocycles. The van der Waals surface area contributed by atoms with Crippen molar-refractivity contribution in [1.82, 2.24) is 0 Å². The van der Waals surface area contributed by atoms with Crippen LogP contribution in [0.3, 0.4) is 0 Å². The lowest BCUT2D eigenvalue weighted by atomic mass is 9.95. The van der Waals surface area contributed by atoms with E-state index in [0.29, 0.717) is 5.69 Å². The van der Waals surface area contributed by atoms with Gasteiger partial charge in [0.1, 0.15) is 0 Å². The number of piperidine rings is 1. The van der Waals surface area contributed by atoms with E-state index in [1.807, 2.05) is 0 Å². The Morgan fingerprint density at radius 1 is 1.30 bits per heavy atom. The Labute approximate surface area is 114 Å². The Kier molecular flexibility index (Phi) is 3.78. The van der Waals surface area contributed by atoms with Gasteiger partial charge in [0.2, 0.25) is 0 Å². The van der Waals surface area contributed by atoms with Gasteiger partial charge in [0, 0.05) is 24.5 Å². The molecule has 0 unspecified atom stereocenters. The number of halogens is 3. The van der Waals surface area contributed by atoms with Crippen molar-refractivity contribution in [2.24, 2.45) is 5.92 Å². The number of nitrogen functional groups attached to an aromatic ring is 1. The summed E-state index contributed by atoms with van der Waals surface area (Å²) in [5, 5.41) is 8.99. The standard InChI is InChI=1S/C13H15F3N2O2/c14-13(15,16)8-3-5-18(6-4-8)9-1-2-11(17)10(7-9)12(19)20/h1-2,7-8H,3-6,17H2,(H,19,20). The van der Waals surface area contributed by atoms with Crippen molar-refractivity contribution in [1.29, 1.82) is 0 Å². The smallest absolute Gasteiger partial charge is 0.391 e. The molecule has 0 saturated carbocycles. The van der Waals surface area contributed by atoms with Crippen molar-refractivity contribution in [3.63, 3.8) is 0 Å². The molecule has 0 aliphatic carbocycles. The first-order chi connectivity index (χ1) is 9.29. The predicted octanol–water partition coefficient (Wildman–Crippen LogP) is 2.75. The number of alkyl halides is 3. The molecule has 0 spiro atoms. The molecular weight excluding hydrogens is 273 g/mol. The molecule has 7 heteroatoms. The van der Waals surface area contributed by atoms with Gasteiger partial charge in [-0.2, -0.15) is 13.2 Å². The van der Waals surface area contributed by atoms with E-state index in [4.69, 9.17) is 10.8 Å². The van der Waals surface area contributed by atoms with Gasteiger partial charge < -0.3 is 15.7 Å². The highest BCUT2D eigenvalue weighted by atomic mass is 19.4. The summed E-state index contributed by atoms with van der Waals surface area (Å²) < 4.78 is 37.7. The average molecular weight is 288 g/mol. The summed E-state index contributed by atoms with van der Waals surface area (Å²) >= 11 is 0. The molecule has 0 bridgehead atoms. The quantitative estimate of drug-likeness (QED) is 0.821. The average Bonchev–Trinajstić information content (AvgIpc) is 2.38. The zero-order valence-corrected chi connectivity index (χ0v) is 10.7. The molecule has 4 nitrogen and oxygen atoms in total. The third-order valence-corrected chi connectivity index (χ3v) is 3.59. The SMILES string of the molecule is Nc1ccc(N2CCC(C(F)(F)F)CC2)cc1C(=O)O. The van der Waals surface area contributed by atoms with Crippen LogP contribution in [0.4, 0.5) is 24.5 Å². The van der Waals surface area contributed by atoms with E-state index in [1.54, 1.807) is 11.0 Å². The number of carboxylic acid groups (broad SMARTS) is 1. The number of benzene rings is 1. The fraction of sp³-hybridized carbons (Fsp3) is 0.462. The molecule has 0 amide bonds. The number of carboxylic acids is 1. The zero-order valence-electron chi connectivity index (χ0n) is 10.7. The van der Waals surface area contributed by atoms with Crippen LogP contribution >= 0.6 is 0 Å². The first kappa shape index (κ1) is 14.5. The van der Waals surface area contributed by atoms with Crippen LogP contribution in [0.5, 0.6) is 0 Å². The maximum absolute atomic E-state index is 12.6. The number of anilines is 2. The minimum Gasteiger partial charge on any atom is -0.478 e. The van der Waals surface area contributed by atoms with Gasteiger partial charge in [-0.25, -0.2) is 4.79 Å². The van der Waals surface area contributed by atoms with Crippen LogP contribution in [0.25, 0.3) is 0 Å². The highest BCUT2D eigenvalue weighted by molar-refractivity contribution is 5.94. The summed E-state index contributed by atoms with van der Waals surface area (Å²) in [5.74, 6) is -2.42. The molecule has 1 aliphatic rings. The number of carbonyl (C=O) groups is 1. The van der Waals surface area contributed by atoms with Gasteiger partial charge in [-0.05, 0) is 31.0 Å². The molecule has 0 aromatic heterocycles. The van der Waals surface area contributed by atoms with Crippen molar-refractivity contribution in [2.75, 3.05) is 23.7 Å². The van der Waals surface area contributed by atoms with Gasteiger partial charge in [0.15, 0.2) is 0 Å². The lowest BCUT2D eigenvalue weighted by Crippen LogP contribution is -2.39. The molecule has 1 fully saturated rings. The fourth-order valence-electron chi connectivity index (χ4n) is 2.39. The van der Waals surface area contributed by atoms with E-state index in [9.17, 15) is 18.0 Å². The molecule has 1 aromatic rings. The van der Waals surface area contributed by atoms with Gasteiger partial charge in [-0.3, -0.25) is 0 Å². The Bertz CT molecular complexity index is 509. The molecule has 3 N–H and O–H groups in total. The Morgan fingerprint density at radius 3 is 2.40 bits per heavy atom. The Morgan fingerprint density at radius 2 is 1.90 bits per heavy atom. The number of hydrogen-bond acceptors (Lipinski definition) is 3. The first-order valence-corrected chi connectivity index (χ1v) is 6.23. The van der Waals surface area contributed by atoms with Crippen LogP contribution in [0.1, 0.15) is 23.2 Å². The zero-order chi connectivity index (χ0) is 14.9. The van der Waals surface area contributed by atoms with Crippen LogP contribution in [0.15, 0.2) is 18.2 Å². The number of nitrogens with zero attached hydrogens (tertiary/aromatic N) is 1. The van der Waals surface area contributed by atoms with Crippen LogP contribution in [0.2, 0.25) is 0 Å². The fourth-order valence-corrected chi connectivity index (χ4v) is 2.39. The lowest BCUT2D eigenvalue weighted by molar-refractivity contribution is -0.179. The first-order valence-electron chi connectivity index (χ1n) is 6.23. The predicted molar refractivity (Wildman–Crippen MR) is 68.8 cm³/mol. The highest BCUT2D eigenvalue weighted by Crippen LogP contribution is 2.35. The summed E-state index contributed by atoms with van der Waals surface area (Å²) in [7, 11) is 0. The third-order valence-electron chi connectivity index (χ3n) is 3.59. The van der Waals surface area contributed by atoms with Gasteiger partial charge >= 0.3 is 12.1 Å². The summed E-state index contributed by atoms with van der Waals surface area (Å²) in [6.45, 7) is 0.514. The Hall–Kier alpha value is -1.92. The van der Waals surface area contributed by atoms with Gasteiger partial charge in [-0.1, -0.05) is 0 Å². The van der Waals surface area contributed by atoms with Crippen molar-refractivity contribution in [3.8, 4) is 0 Å². The third kappa shape index (κ3) is 2.97. The van der Waals surface area contributed by atoms with E-state index < -0.39 is 18.1 Å². The Balaban J connectivity index is 2.11. The number of aromatic carboxylic acids is 1. The molecule has 1 aromatic carbocycles. The summed E-state index contributed by atoms with van der Waals surface area (Å²) in [6.07, 6.45) is -4.11. The maximum Gasteiger partial charge on any atom is 0.391 e.